The summed E-state index contributed by atoms with van der Waals surface area (Å²) in [5.74, 6) is 1.60. The summed E-state index contributed by atoms with van der Waals surface area (Å²) in [6, 6.07) is 12.8. The van der Waals surface area contributed by atoms with E-state index in [1.807, 2.05) is 6.92 Å². The molecule has 4 N–H and O–H groups in total. The molecule has 9 heteroatoms. The molecule has 0 radical (unpaired) electrons. The number of guanidine groups is 1. The minimum atomic E-state index is -3.67. The number of hydrogen-bond acceptors (Lipinski definition) is 4. The number of nitrogens with zero attached hydrogens (tertiary/aromatic N) is 1. The number of hydrogen-bond donors (Lipinski definition) is 3. The van der Waals surface area contributed by atoms with Gasteiger partial charge in [0.1, 0.15) is 5.75 Å². The third-order valence-corrected chi connectivity index (χ3v) is 5.76. The average Bonchev–Trinajstić information content (AvgIpc) is 2.72. The van der Waals surface area contributed by atoms with Gasteiger partial charge in [-0.15, -0.1) is 24.0 Å². The van der Waals surface area contributed by atoms with Crippen LogP contribution >= 0.6 is 24.0 Å². The molecule has 0 aliphatic rings. The summed E-state index contributed by atoms with van der Waals surface area (Å²) < 4.78 is 28.8. The van der Waals surface area contributed by atoms with Crippen LogP contribution < -0.4 is 20.5 Å². The lowest BCUT2D eigenvalue weighted by molar-refractivity contribution is 0.215. The highest BCUT2D eigenvalue weighted by atomic mass is 127. The van der Waals surface area contributed by atoms with Crippen molar-refractivity contribution < 1.29 is 13.2 Å². The molecule has 2 rings (SSSR count). The first-order valence-corrected chi connectivity index (χ1v) is 12.2. The minimum Gasteiger partial charge on any atom is -0.490 e. The smallest absolute Gasteiger partial charge is 0.238 e. The Labute approximate surface area is 209 Å². The largest absolute Gasteiger partial charge is 0.490 e. The predicted octanol–water partition coefficient (Wildman–Crippen LogP) is 3.74. The van der Waals surface area contributed by atoms with Crippen LogP contribution in [0, 0.1) is 6.92 Å². The second kappa shape index (κ2) is 13.6. The zero-order valence-electron chi connectivity index (χ0n) is 19.2. The molecule has 0 spiro atoms. The van der Waals surface area contributed by atoms with E-state index >= 15 is 0 Å². The first-order chi connectivity index (χ1) is 14.7. The third-order valence-electron chi connectivity index (χ3n) is 4.84. The molecule has 0 bridgehead atoms. The molecule has 178 valence electrons. The highest BCUT2D eigenvalue weighted by Crippen LogP contribution is 2.23. The van der Waals surface area contributed by atoms with Gasteiger partial charge in [0.15, 0.2) is 5.96 Å². The summed E-state index contributed by atoms with van der Waals surface area (Å²) in [5, 5.41) is 11.7. The minimum absolute atomic E-state index is 0. The second-order valence-electron chi connectivity index (χ2n) is 7.51. The molecule has 0 fully saturated rings. The predicted molar refractivity (Wildman–Crippen MR) is 141 cm³/mol. The maximum absolute atomic E-state index is 11.4. The van der Waals surface area contributed by atoms with Gasteiger partial charge < -0.3 is 15.4 Å². The lowest BCUT2D eigenvalue weighted by Crippen LogP contribution is -2.38. The fraction of sp³-hybridized carbons (Fsp3) is 0.435. The van der Waals surface area contributed by atoms with Gasteiger partial charge in [0.25, 0.3) is 0 Å². The average molecular weight is 575 g/mol. The van der Waals surface area contributed by atoms with Gasteiger partial charge >= 0.3 is 0 Å². The molecule has 32 heavy (non-hydrogen) atoms. The van der Waals surface area contributed by atoms with Crippen LogP contribution in [0.15, 0.2) is 52.4 Å². The van der Waals surface area contributed by atoms with Crippen molar-refractivity contribution in [3.05, 3.63) is 59.2 Å². The van der Waals surface area contributed by atoms with E-state index in [1.54, 1.807) is 12.1 Å². The van der Waals surface area contributed by atoms with Crippen molar-refractivity contribution in [2.24, 2.45) is 10.1 Å². The normalized spacial score (nSPS) is 12.6. The summed E-state index contributed by atoms with van der Waals surface area (Å²) in [4.78, 5) is 4.82. The maximum Gasteiger partial charge on any atom is 0.238 e. The molecule has 0 aromatic heterocycles. The highest BCUT2D eigenvalue weighted by Gasteiger charge is 2.09. The molecule has 7 nitrogen and oxygen atoms in total. The topological polar surface area (TPSA) is 106 Å². The zero-order chi connectivity index (χ0) is 22.9. The van der Waals surface area contributed by atoms with Crippen LogP contribution in [0.25, 0.3) is 0 Å². The van der Waals surface area contributed by atoms with Crippen LogP contribution in [0.2, 0.25) is 0 Å². The van der Waals surface area contributed by atoms with Crippen LogP contribution in [0.5, 0.6) is 5.75 Å². The molecular weight excluding hydrogens is 539 g/mol. The fourth-order valence-corrected chi connectivity index (χ4v) is 3.39. The summed E-state index contributed by atoms with van der Waals surface area (Å²) >= 11 is 0. The first-order valence-electron chi connectivity index (χ1n) is 10.6. The molecule has 2 aromatic carbocycles. The van der Waals surface area contributed by atoms with Crippen LogP contribution in [0.3, 0.4) is 0 Å². The van der Waals surface area contributed by atoms with Gasteiger partial charge in [0.2, 0.25) is 10.0 Å². The van der Waals surface area contributed by atoms with Gasteiger partial charge in [-0.2, -0.15) is 0 Å². The molecule has 0 amide bonds. The van der Waals surface area contributed by atoms with E-state index in [9.17, 15) is 8.42 Å². The number of aryl methyl sites for hydroxylation is 1. The highest BCUT2D eigenvalue weighted by molar-refractivity contribution is 14.0. The van der Waals surface area contributed by atoms with Gasteiger partial charge in [-0.05, 0) is 62.9 Å². The van der Waals surface area contributed by atoms with Crippen molar-refractivity contribution >= 4 is 40.0 Å². The molecular formula is C23H35IN4O3S. The number of ether oxygens (including phenoxy) is 1. The third kappa shape index (κ3) is 9.33. The van der Waals surface area contributed by atoms with Crippen molar-refractivity contribution in [1.29, 1.82) is 0 Å². The van der Waals surface area contributed by atoms with Gasteiger partial charge in [0, 0.05) is 18.7 Å². The molecule has 2 aromatic rings. The van der Waals surface area contributed by atoms with E-state index in [1.165, 1.54) is 12.1 Å². The number of primary sulfonamides is 1. The first kappa shape index (κ1) is 28.2. The van der Waals surface area contributed by atoms with E-state index < -0.39 is 10.0 Å². The molecule has 0 saturated carbocycles. The fourth-order valence-electron chi connectivity index (χ4n) is 2.88. The molecule has 0 saturated heterocycles. The number of nitrogens with one attached hydrogen (secondary N) is 2. The monoisotopic (exact) mass is 574 g/mol. The van der Waals surface area contributed by atoms with Crippen molar-refractivity contribution in [1.82, 2.24) is 10.6 Å². The van der Waals surface area contributed by atoms with Crippen molar-refractivity contribution in [3.8, 4) is 5.75 Å². The Hall–Kier alpha value is -1.85. The summed E-state index contributed by atoms with van der Waals surface area (Å²) in [6.45, 7) is 10.2. The summed E-state index contributed by atoms with van der Waals surface area (Å²) in [7, 11) is -3.67. The number of nitrogens with two attached hydrogens (primary N) is 1. The Balaban J connectivity index is 0.00000512. The zero-order valence-corrected chi connectivity index (χ0v) is 22.4. The lowest BCUT2D eigenvalue weighted by atomic mass is 10.1. The number of halogens is 1. The standard InChI is InChI=1S/C23H34N4O3S.HI/c1-5-18(4)30-22-15-17(3)7-10-20(22)16-27-23(25-6-2)26-14-13-19-8-11-21(12-9-19)31(24,28)29;/h7-12,15,18H,5-6,13-14,16H2,1-4H3,(H2,24,28,29)(H2,25,26,27);1H. The molecule has 0 heterocycles. The van der Waals surface area contributed by atoms with Crippen molar-refractivity contribution in [2.45, 2.75) is 58.1 Å². The van der Waals surface area contributed by atoms with E-state index in [-0.39, 0.29) is 35.0 Å². The van der Waals surface area contributed by atoms with Gasteiger partial charge in [-0.1, -0.05) is 31.2 Å². The Morgan fingerprint density at radius 1 is 1.12 bits per heavy atom. The second-order valence-corrected chi connectivity index (χ2v) is 9.07. The molecule has 1 atom stereocenters. The molecule has 1 unspecified atom stereocenters. The lowest BCUT2D eigenvalue weighted by Gasteiger charge is -2.17. The Bertz CT molecular complexity index is 979. The maximum atomic E-state index is 11.4. The van der Waals surface area contributed by atoms with Crippen LogP contribution in [0.4, 0.5) is 0 Å². The van der Waals surface area contributed by atoms with Crippen LogP contribution in [0.1, 0.15) is 43.9 Å². The number of sulfonamides is 1. The van der Waals surface area contributed by atoms with Crippen LogP contribution in [-0.2, 0) is 23.0 Å². The SMILES string of the molecule is CCNC(=NCc1ccc(C)cc1OC(C)CC)NCCc1ccc(S(N)(=O)=O)cc1.I. The Morgan fingerprint density at radius 2 is 1.81 bits per heavy atom. The van der Waals surface area contributed by atoms with Gasteiger partial charge in [0.05, 0.1) is 17.5 Å². The van der Waals surface area contributed by atoms with E-state index in [2.05, 4.69) is 49.6 Å². The van der Waals surface area contributed by atoms with Gasteiger partial charge in [-0.25, -0.2) is 18.5 Å². The quantitative estimate of drug-likeness (QED) is 0.228. The van der Waals surface area contributed by atoms with Gasteiger partial charge in [-0.3, -0.25) is 0 Å². The van der Waals surface area contributed by atoms with E-state index in [0.717, 1.165) is 47.8 Å². The molecule has 0 aliphatic heterocycles. The van der Waals surface area contributed by atoms with E-state index in [0.29, 0.717) is 13.1 Å². The Morgan fingerprint density at radius 3 is 2.41 bits per heavy atom. The number of benzene rings is 2. The Kier molecular flexibility index (Phi) is 12.0. The van der Waals surface area contributed by atoms with E-state index in [4.69, 9.17) is 14.9 Å². The summed E-state index contributed by atoms with van der Waals surface area (Å²) in [6.07, 6.45) is 1.82. The van der Waals surface area contributed by atoms with Crippen molar-refractivity contribution in [2.75, 3.05) is 13.1 Å². The van der Waals surface area contributed by atoms with Crippen LogP contribution in [-0.4, -0.2) is 33.6 Å². The number of aliphatic imine (C=N–C) groups is 1. The molecule has 0 aliphatic carbocycles. The summed E-state index contributed by atoms with van der Waals surface area (Å²) in [5.41, 5.74) is 3.21. The van der Waals surface area contributed by atoms with Crippen molar-refractivity contribution in [3.63, 3.8) is 0 Å². The number of rotatable bonds is 10.